The third kappa shape index (κ3) is 3.46. The highest BCUT2D eigenvalue weighted by molar-refractivity contribution is 7.99. The number of nitrogens with zero attached hydrogens (tertiary/aromatic N) is 1. The molecule has 0 aliphatic carbocycles. The van der Waals surface area contributed by atoms with Crippen LogP contribution >= 0.6 is 11.8 Å². The van der Waals surface area contributed by atoms with Crippen molar-refractivity contribution in [1.29, 1.82) is 0 Å². The highest BCUT2D eigenvalue weighted by atomic mass is 32.2. The van der Waals surface area contributed by atoms with Crippen LogP contribution in [0.2, 0.25) is 0 Å². The van der Waals surface area contributed by atoms with Crippen LogP contribution in [0.15, 0.2) is 161 Å². The third-order valence-electron chi connectivity index (χ3n) is 8.61. The lowest BCUT2D eigenvalue weighted by Gasteiger charge is -2.23. The summed E-state index contributed by atoms with van der Waals surface area (Å²) in [5.41, 5.74) is 11.3. The van der Waals surface area contributed by atoms with Gasteiger partial charge in [0.2, 0.25) is 0 Å². The number of hydrogen-bond acceptors (Lipinski definition) is 1. The van der Waals surface area contributed by atoms with Crippen LogP contribution in [-0.4, -0.2) is 4.57 Å². The third-order valence-corrected chi connectivity index (χ3v) is 9.75. The van der Waals surface area contributed by atoms with Crippen LogP contribution in [0, 0.1) is 0 Å². The number of para-hydroxylation sites is 3. The molecule has 0 unspecified atom stereocenters. The molecular weight excluding hydrogens is 527 g/mol. The number of aromatic nitrogens is 1. The molecule has 1 nitrogen and oxygen atoms in total. The first kappa shape index (κ1) is 23.6. The van der Waals surface area contributed by atoms with Crippen molar-refractivity contribution in [3.63, 3.8) is 0 Å². The molecule has 8 aromatic rings. The molecule has 42 heavy (non-hydrogen) atoms. The Labute approximate surface area is 248 Å². The van der Waals surface area contributed by atoms with Gasteiger partial charge in [-0.2, -0.15) is 0 Å². The normalized spacial score (nSPS) is 12.2. The number of fused-ring (bicyclic) bond motifs is 5. The summed E-state index contributed by atoms with van der Waals surface area (Å²) in [4.78, 5) is 2.63. The first-order valence-corrected chi connectivity index (χ1v) is 15.2. The van der Waals surface area contributed by atoms with Crippen LogP contribution in [0.3, 0.4) is 0 Å². The second kappa shape index (κ2) is 9.24. The molecule has 0 bridgehead atoms. The molecule has 1 aliphatic rings. The Morgan fingerprint density at radius 3 is 1.83 bits per heavy atom. The monoisotopic (exact) mass is 551 g/mol. The average molecular weight is 552 g/mol. The van der Waals surface area contributed by atoms with E-state index in [0.29, 0.717) is 0 Å². The van der Waals surface area contributed by atoms with Crippen molar-refractivity contribution in [3.05, 3.63) is 152 Å². The zero-order valence-electron chi connectivity index (χ0n) is 22.8. The standard InChI is InChI=1S/C40H25NS/c1-2-11-26(12-3-1)28-22-24-39-40-32(28)16-10-17-33(40)34-25-27(21-23-38(34)42-39)29-13-4-7-18-35(29)41-36-19-8-5-14-30(36)31-15-6-9-20-37(31)41/h1-25H. The Kier molecular flexibility index (Phi) is 5.20. The van der Waals surface area contributed by atoms with Crippen LogP contribution in [0.5, 0.6) is 0 Å². The summed E-state index contributed by atoms with van der Waals surface area (Å²) in [6.07, 6.45) is 0. The Morgan fingerprint density at radius 1 is 0.381 bits per heavy atom. The van der Waals surface area contributed by atoms with Crippen molar-refractivity contribution in [3.8, 4) is 39.1 Å². The minimum Gasteiger partial charge on any atom is -0.309 e. The molecule has 0 atom stereocenters. The van der Waals surface area contributed by atoms with Crippen molar-refractivity contribution in [2.45, 2.75) is 9.79 Å². The second-order valence-electron chi connectivity index (χ2n) is 10.9. The predicted octanol–water partition coefficient (Wildman–Crippen LogP) is 11.4. The van der Waals surface area contributed by atoms with Gasteiger partial charge in [0.1, 0.15) is 0 Å². The maximum absolute atomic E-state index is 2.43. The van der Waals surface area contributed by atoms with E-state index in [-0.39, 0.29) is 0 Å². The summed E-state index contributed by atoms with van der Waals surface area (Å²) in [7, 11) is 0. The van der Waals surface area contributed by atoms with Gasteiger partial charge >= 0.3 is 0 Å². The first-order valence-electron chi connectivity index (χ1n) is 14.4. The van der Waals surface area contributed by atoms with E-state index < -0.39 is 0 Å². The van der Waals surface area contributed by atoms with Gasteiger partial charge < -0.3 is 4.57 Å². The van der Waals surface area contributed by atoms with Crippen LogP contribution in [-0.2, 0) is 0 Å². The van der Waals surface area contributed by atoms with Gasteiger partial charge in [0.15, 0.2) is 0 Å². The van der Waals surface area contributed by atoms with E-state index in [1.165, 1.54) is 81.4 Å². The zero-order chi connectivity index (χ0) is 27.6. The summed E-state index contributed by atoms with van der Waals surface area (Å²) in [5, 5.41) is 5.22. The lowest BCUT2D eigenvalue weighted by atomic mass is 9.91. The van der Waals surface area contributed by atoms with Gasteiger partial charge in [-0.3, -0.25) is 0 Å². The maximum Gasteiger partial charge on any atom is 0.0541 e. The number of rotatable bonds is 3. The minimum absolute atomic E-state index is 1.20. The quantitative estimate of drug-likeness (QED) is 0.211. The Balaban J connectivity index is 1.26. The molecule has 0 saturated heterocycles. The molecule has 2 heteroatoms. The lowest BCUT2D eigenvalue weighted by Crippen LogP contribution is -1.98. The lowest BCUT2D eigenvalue weighted by molar-refractivity contribution is 1.18. The smallest absolute Gasteiger partial charge is 0.0541 e. The van der Waals surface area contributed by atoms with Gasteiger partial charge in [0.25, 0.3) is 0 Å². The van der Waals surface area contributed by atoms with Crippen LogP contribution in [0.4, 0.5) is 0 Å². The van der Waals surface area contributed by atoms with Crippen molar-refractivity contribution >= 4 is 44.3 Å². The summed E-state index contributed by atoms with van der Waals surface area (Å²) >= 11 is 1.88. The molecule has 2 heterocycles. The van der Waals surface area contributed by atoms with Crippen molar-refractivity contribution in [2.24, 2.45) is 0 Å². The summed E-state index contributed by atoms with van der Waals surface area (Å²) in [6, 6.07) is 55.4. The SMILES string of the molecule is c1ccc(-c2ccc3c4c(cccc24)-c2cc(-c4ccccc4-n4c5ccccc5c5ccccc54)ccc2S3)cc1. The molecule has 0 saturated carbocycles. The molecule has 1 aliphatic heterocycles. The van der Waals surface area contributed by atoms with Gasteiger partial charge in [-0.1, -0.05) is 127 Å². The Hall–Kier alpha value is -5.05. The van der Waals surface area contributed by atoms with E-state index in [1.54, 1.807) is 0 Å². The van der Waals surface area contributed by atoms with Crippen molar-refractivity contribution in [1.82, 2.24) is 4.57 Å². The Bertz CT molecular complexity index is 2270. The zero-order valence-corrected chi connectivity index (χ0v) is 23.6. The molecule has 0 spiro atoms. The molecule has 0 amide bonds. The molecule has 196 valence electrons. The average Bonchev–Trinajstić information content (AvgIpc) is 3.40. The van der Waals surface area contributed by atoms with Crippen LogP contribution < -0.4 is 0 Å². The predicted molar refractivity (Wildman–Crippen MR) is 179 cm³/mol. The first-order chi connectivity index (χ1) is 20.8. The fraction of sp³-hybridized carbons (Fsp3) is 0. The fourth-order valence-corrected chi connectivity index (χ4v) is 7.87. The molecule has 7 aromatic carbocycles. The summed E-state index contributed by atoms with van der Waals surface area (Å²) in [6.45, 7) is 0. The molecule has 0 fully saturated rings. The van der Waals surface area contributed by atoms with Crippen LogP contribution in [0.1, 0.15) is 0 Å². The topological polar surface area (TPSA) is 4.93 Å². The van der Waals surface area contributed by atoms with Gasteiger partial charge in [-0.25, -0.2) is 0 Å². The van der Waals surface area contributed by atoms with Crippen molar-refractivity contribution < 1.29 is 0 Å². The van der Waals surface area contributed by atoms with E-state index in [1.807, 2.05) is 11.8 Å². The summed E-state index contributed by atoms with van der Waals surface area (Å²) < 4.78 is 2.43. The van der Waals surface area contributed by atoms with E-state index in [0.717, 1.165) is 0 Å². The summed E-state index contributed by atoms with van der Waals surface area (Å²) in [5.74, 6) is 0. The molecule has 0 N–H and O–H groups in total. The van der Waals surface area contributed by atoms with Gasteiger partial charge in [0, 0.05) is 31.5 Å². The highest BCUT2D eigenvalue weighted by Gasteiger charge is 2.22. The van der Waals surface area contributed by atoms with Gasteiger partial charge in [0.05, 0.1) is 16.7 Å². The highest BCUT2D eigenvalue weighted by Crippen LogP contribution is 2.50. The molecule has 9 rings (SSSR count). The molecular formula is C40H25NS. The largest absolute Gasteiger partial charge is 0.309 e. The van der Waals surface area contributed by atoms with Crippen molar-refractivity contribution in [2.75, 3.05) is 0 Å². The van der Waals surface area contributed by atoms with E-state index in [2.05, 4.69) is 156 Å². The number of hydrogen-bond donors (Lipinski definition) is 0. The molecule has 0 radical (unpaired) electrons. The van der Waals surface area contributed by atoms with E-state index >= 15 is 0 Å². The van der Waals surface area contributed by atoms with E-state index in [9.17, 15) is 0 Å². The van der Waals surface area contributed by atoms with E-state index in [4.69, 9.17) is 0 Å². The Morgan fingerprint density at radius 2 is 1.02 bits per heavy atom. The van der Waals surface area contributed by atoms with Gasteiger partial charge in [-0.05, 0) is 69.6 Å². The number of benzene rings is 7. The minimum atomic E-state index is 1.20. The molecule has 1 aromatic heterocycles. The fourth-order valence-electron chi connectivity index (χ4n) is 6.76. The second-order valence-corrected chi connectivity index (χ2v) is 12.0. The van der Waals surface area contributed by atoms with Gasteiger partial charge in [-0.15, -0.1) is 0 Å². The van der Waals surface area contributed by atoms with Crippen LogP contribution in [0.25, 0.3) is 71.6 Å². The maximum atomic E-state index is 2.43.